The Kier molecular flexibility index (Phi) is 6.02. The van der Waals surface area contributed by atoms with Crippen LogP contribution >= 0.6 is 0 Å². The fraction of sp³-hybridized carbons (Fsp3) is 0.417. The maximum absolute atomic E-state index is 12.8. The highest BCUT2D eigenvalue weighted by Gasteiger charge is 2.37. The first-order valence-electron chi connectivity index (χ1n) is 10.8. The molecule has 1 unspecified atom stereocenters. The number of anilines is 2. The number of fused-ring (bicyclic) bond motifs is 3. The highest BCUT2D eigenvalue weighted by molar-refractivity contribution is 6.07. The molecule has 164 valence electrons. The van der Waals surface area contributed by atoms with Gasteiger partial charge in [0.15, 0.2) is 11.5 Å². The molecule has 7 heteroatoms. The number of likely N-dealkylation sites (N-methyl/N-ethyl adjacent to an activating group) is 1. The number of piperidine rings is 1. The van der Waals surface area contributed by atoms with Crippen LogP contribution in [0.25, 0.3) is 0 Å². The average molecular weight is 424 g/mol. The molecular formula is C24H29N3O4. The highest BCUT2D eigenvalue weighted by Crippen LogP contribution is 2.39. The van der Waals surface area contributed by atoms with Gasteiger partial charge in [-0.15, -0.1) is 0 Å². The van der Waals surface area contributed by atoms with Gasteiger partial charge in [-0.1, -0.05) is 6.07 Å². The van der Waals surface area contributed by atoms with Crippen LogP contribution in [0.4, 0.5) is 11.4 Å². The Hall–Kier alpha value is -3.22. The summed E-state index contributed by atoms with van der Waals surface area (Å²) >= 11 is 0. The van der Waals surface area contributed by atoms with E-state index in [0.29, 0.717) is 30.2 Å². The Morgan fingerprint density at radius 2 is 1.97 bits per heavy atom. The van der Waals surface area contributed by atoms with Crippen molar-refractivity contribution in [2.75, 3.05) is 37.1 Å². The summed E-state index contributed by atoms with van der Waals surface area (Å²) in [5, 5.41) is 2.96. The molecule has 0 radical (unpaired) electrons. The first kappa shape index (κ1) is 21.0. The van der Waals surface area contributed by atoms with Gasteiger partial charge >= 0.3 is 0 Å². The van der Waals surface area contributed by atoms with Gasteiger partial charge in [-0.2, -0.15) is 0 Å². The van der Waals surface area contributed by atoms with Crippen molar-refractivity contribution in [3.8, 4) is 11.5 Å². The van der Waals surface area contributed by atoms with Gasteiger partial charge in [-0.05, 0) is 62.1 Å². The quantitative estimate of drug-likeness (QED) is 0.772. The number of ether oxygens (including phenoxy) is 2. The van der Waals surface area contributed by atoms with Crippen LogP contribution in [0.2, 0.25) is 0 Å². The summed E-state index contributed by atoms with van der Waals surface area (Å²) < 4.78 is 10.9. The molecule has 0 bridgehead atoms. The molecule has 2 heterocycles. The number of hydrogen-bond donors (Lipinski definition) is 1. The van der Waals surface area contributed by atoms with Gasteiger partial charge in [0, 0.05) is 25.7 Å². The van der Waals surface area contributed by atoms with E-state index in [1.165, 1.54) is 0 Å². The lowest BCUT2D eigenvalue weighted by molar-refractivity contribution is -0.120. The summed E-state index contributed by atoms with van der Waals surface area (Å²) in [4.78, 5) is 29.5. The number of methoxy groups -OCH3 is 1. The summed E-state index contributed by atoms with van der Waals surface area (Å²) in [5.74, 6) is 1.24. The molecule has 2 amide bonds. The zero-order valence-corrected chi connectivity index (χ0v) is 18.3. The second-order valence-electron chi connectivity index (χ2n) is 7.91. The fourth-order valence-electron chi connectivity index (χ4n) is 4.38. The molecule has 1 atom stereocenters. The number of carbonyl (C=O) groups excluding carboxylic acids is 2. The topological polar surface area (TPSA) is 71.1 Å². The highest BCUT2D eigenvalue weighted by atomic mass is 16.5. The predicted molar refractivity (Wildman–Crippen MR) is 120 cm³/mol. The van der Waals surface area contributed by atoms with Crippen molar-refractivity contribution in [2.45, 2.75) is 38.8 Å². The van der Waals surface area contributed by atoms with E-state index >= 15 is 0 Å². The molecule has 2 aromatic rings. The number of nitrogens with one attached hydrogen (secondary N) is 1. The predicted octanol–water partition coefficient (Wildman–Crippen LogP) is 3.36. The number of benzene rings is 2. The van der Waals surface area contributed by atoms with Gasteiger partial charge in [0.25, 0.3) is 5.91 Å². The molecule has 2 aromatic carbocycles. The summed E-state index contributed by atoms with van der Waals surface area (Å²) in [6.45, 7) is 3.69. The lowest BCUT2D eigenvalue weighted by Crippen LogP contribution is -2.54. The molecule has 1 fully saturated rings. The van der Waals surface area contributed by atoms with Crippen LogP contribution in [-0.2, 0) is 11.3 Å². The maximum atomic E-state index is 12.8. The monoisotopic (exact) mass is 423 g/mol. The zero-order chi connectivity index (χ0) is 22.0. The normalized spacial score (nSPS) is 17.6. The molecule has 4 rings (SSSR count). The second-order valence-corrected chi connectivity index (χ2v) is 7.91. The van der Waals surface area contributed by atoms with Crippen LogP contribution in [0.15, 0.2) is 36.4 Å². The van der Waals surface area contributed by atoms with Crippen molar-refractivity contribution >= 4 is 23.2 Å². The summed E-state index contributed by atoms with van der Waals surface area (Å²) in [7, 11) is 3.39. The van der Waals surface area contributed by atoms with Crippen LogP contribution in [-0.4, -0.2) is 45.2 Å². The van der Waals surface area contributed by atoms with E-state index in [2.05, 4.69) is 10.2 Å². The molecule has 7 nitrogen and oxygen atoms in total. The van der Waals surface area contributed by atoms with Crippen LogP contribution < -0.4 is 24.6 Å². The lowest BCUT2D eigenvalue weighted by atomic mass is 9.96. The van der Waals surface area contributed by atoms with Gasteiger partial charge in [0.05, 0.1) is 25.1 Å². The van der Waals surface area contributed by atoms with Crippen LogP contribution in [0.3, 0.4) is 0 Å². The molecule has 0 aliphatic carbocycles. The molecule has 2 aliphatic rings. The molecule has 0 saturated carbocycles. The number of nitrogens with zero attached hydrogens (tertiary/aromatic N) is 2. The summed E-state index contributed by atoms with van der Waals surface area (Å²) in [5.41, 5.74) is 3.27. The van der Waals surface area contributed by atoms with E-state index in [9.17, 15) is 9.59 Å². The van der Waals surface area contributed by atoms with Gasteiger partial charge in [-0.3, -0.25) is 9.59 Å². The first-order chi connectivity index (χ1) is 15.0. The third kappa shape index (κ3) is 4.04. The molecule has 0 aromatic heterocycles. The minimum Gasteiger partial charge on any atom is -0.493 e. The Morgan fingerprint density at radius 3 is 2.74 bits per heavy atom. The molecule has 0 spiro atoms. The van der Waals surface area contributed by atoms with Crippen molar-refractivity contribution in [1.29, 1.82) is 0 Å². The first-order valence-corrected chi connectivity index (χ1v) is 10.8. The van der Waals surface area contributed by atoms with Crippen LogP contribution in [0, 0.1) is 0 Å². The summed E-state index contributed by atoms with van der Waals surface area (Å²) in [6.07, 6.45) is 3.05. The van der Waals surface area contributed by atoms with Crippen molar-refractivity contribution < 1.29 is 19.1 Å². The van der Waals surface area contributed by atoms with Gasteiger partial charge in [0.2, 0.25) is 5.91 Å². The summed E-state index contributed by atoms with van der Waals surface area (Å²) in [6, 6.07) is 11.1. The lowest BCUT2D eigenvalue weighted by Gasteiger charge is -2.44. The third-order valence-corrected chi connectivity index (χ3v) is 6.01. The van der Waals surface area contributed by atoms with Crippen LogP contribution in [0.1, 0.15) is 42.1 Å². The van der Waals surface area contributed by atoms with Crippen molar-refractivity contribution in [1.82, 2.24) is 5.32 Å². The molecule has 1 N–H and O–H groups in total. The zero-order valence-electron chi connectivity index (χ0n) is 18.3. The largest absolute Gasteiger partial charge is 0.493 e. The number of rotatable bonds is 6. The van der Waals surface area contributed by atoms with Gasteiger partial charge in [0.1, 0.15) is 6.04 Å². The maximum Gasteiger partial charge on any atom is 0.251 e. The van der Waals surface area contributed by atoms with E-state index in [-0.39, 0.29) is 17.9 Å². The standard InChI is InChI=1S/C24H29N3O4/c1-4-31-22-13-16(8-11-21(22)30-3)15-25-23(28)17-9-10-18-20(14-17)26(2)24(29)19-7-5-6-12-27(18)19/h8-11,13-14,19H,4-7,12,15H2,1-3H3,(H,25,28). The number of amides is 2. The molecule has 2 aliphatic heterocycles. The molecule has 1 saturated heterocycles. The van der Waals surface area contributed by atoms with Crippen molar-refractivity contribution in [3.05, 3.63) is 47.5 Å². The van der Waals surface area contributed by atoms with E-state index in [0.717, 1.165) is 42.7 Å². The number of carbonyl (C=O) groups is 2. The van der Waals surface area contributed by atoms with E-state index in [4.69, 9.17) is 9.47 Å². The molecular weight excluding hydrogens is 394 g/mol. The second kappa shape index (κ2) is 8.88. The Bertz CT molecular complexity index is 991. The van der Waals surface area contributed by atoms with Gasteiger partial charge in [-0.25, -0.2) is 0 Å². The van der Waals surface area contributed by atoms with Gasteiger partial charge < -0.3 is 24.6 Å². The van der Waals surface area contributed by atoms with Crippen molar-refractivity contribution in [3.63, 3.8) is 0 Å². The smallest absolute Gasteiger partial charge is 0.251 e. The molecule has 31 heavy (non-hydrogen) atoms. The Labute approximate surface area is 182 Å². The van der Waals surface area contributed by atoms with Crippen molar-refractivity contribution in [2.24, 2.45) is 0 Å². The number of hydrogen-bond acceptors (Lipinski definition) is 5. The third-order valence-electron chi connectivity index (χ3n) is 6.01. The minimum absolute atomic E-state index is 0.0828. The van der Waals surface area contributed by atoms with E-state index < -0.39 is 0 Å². The average Bonchev–Trinajstić information content (AvgIpc) is 2.81. The minimum atomic E-state index is -0.182. The van der Waals surface area contributed by atoms with E-state index in [1.54, 1.807) is 19.1 Å². The fourth-order valence-corrected chi connectivity index (χ4v) is 4.38. The SMILES string of the molecule is CCOc1cc(CNC(=O)c2ccc3c(c2)N(C)C(=O)C2CCCCN32)ccc1OC. The van der Waals surface area contributed by atoms with Crippen LogP contribution in [0.5, 0.6) is 11.5 Å². The Balaban J connectivity index is 1.50. The Morgan fingerprint density at radius 1 is 1.13 bits per heavy atom. The van der Waals surface area contributed by atoms with E-state index in [1.807, 2.05) is 43.3 Å².